The van der Waals surface area contributed by atoms with Crippen LogP contribution in [0.25, 0.3) is 0 Å². The fourth-order valence-electron chi connectivity index (χ4n) is 3.67. The maximum absolute atomic E-state index is 12.8. The Morgan fingerprint density at radius 3 is 1.47 bits per heavy atom. The average Bonchev–Trinajstić information content (AvgIpc) is 2.83. The van der Waals surface area contributed by atoms with Gasteiger partial charge in [0, 0.05) is 10.7 Å². The van der Waals surface area contributed by atoms with E-state index in [4.69, 9.17) is 11.6 Å². The first kappa shape index (κ1) is 23.8. The first-order valence-corrected chi connectivity index (χ1v) is 12.4. The van der Waals surface area contributed by atoms with E-state index in [9.17, 15) is 4.79 Å². The lowest BCUT2D eigenvalue weighted by molar-refractivity contribution is -0.00000899. The minimum absolute atomic E-state index is 0. The average molecular weight is 481 g/mol. The monoisotopic (exact) mass is 480 g/mol. The van der Waals surface area contributed by atoms with Crippen molar-refractivity contribution in [3.63, 3.8) is 0 Å². The van der Waals surface area contributed by atoms with Crippen molar-refractivity contribution in [2.24, 2.45) is 0 Å². The number of nitrogens with one attached hydrogen (secondary N) is 2. The lowest BCUT2D eigenvalue weighted by Gasteiger charge is -2.27. The highest BCUT2D eigenvalue weighted by Crippen LogP contribution is 2.54. The highest BCUT2D eigenvalue weighted by molar-refractivity contribution is 7.95. The van der Waals surface area contributed by atoms with E-state index < -0.39 is 7.26 Å². The number of halogens is 2. The molecule has 0 atom stereocenters. The Kier molecular flexibility index (Phi) is 8.30. The molecule has 0 spiro atoms. The Hall–Kier alpha value is -2.84. The van der Waals surface area contributed by atoms with Crippen molar-refractivity contribution in [2.45, 2.75) is 0 Å². The Bertz CT molecular complexity index is 1030. The first-order chi connectivity index (χ1) is 15.2. The van der Waals surface area contributed by atoms with Crippen LogP contribution in [0.2, 0.25) is 5.02 Å². The quantitative estimate of drug-likeness (QED) is 0.409. The molecule has 3 nitrogen and oxygen atoms in total. The molecule has 0 aliphatic rings. The third-order valence-electron chi connectivity index (χ3n) is 5.17. The van der Waals surface area contributed by atoms with E-state index in [0.29, 0.717) is 17.0 Å². The second-order valence-electron chi connectivity index (χ2n) is 7.11. The highest BCUT2D eigenvalue weighted by atomic mass is 35.5. The van der Waals surface area contributed by atoms with Crippen LogP contribution in [0.5, 0.6) is 0 Å². The Morgan fingerprint density at radius 1 is 0.656 bits per heavy atom. The number of hydrogen-bond donors (Lipinski definition) is 2. The molecule has 2 N–H and O–H groups in total. The summed E-state index contributed by atoms with van der Waals surface area (Å²) in [7, 11) is -2.11. The van der Waals surface area contributed by atoms with Crippen molar-refractivity contribution in [2.75, 3.05) is 11.6 Å². The molecular formula is C26H23Cl2N2OP. The summed E-state index contributed by atoms with van der Waals surface area (Å²) in [5.41, 5.74) is 0.699. The van der Waals surface area contributed by atoms with E-state index in [1.54, 1.807) is 24.3 Å². The van der Waals surface area contributed by atoms with Gasteiger partial charge in [0.1, 0.15) is 29.5 Å². The molecule has 0 heterocycles. The summed E-state index contributed by atoms with van der Waals surface area (Å²) in [6.07, 6.45) is 0.504. The fraction of sp³-hybridized carbons (Fsp3) is 0.0385. The molecule has 4 aromatic carbocycles. The lowest BCUT2D eigenvalue weighted by atomic mass is 10.3. The van der Waals surface area contributed by atoms with Gasteiger partial charge in [0.25, 0.3) is 0 Å². The topological polar surface area (TPSA) is 41.1 Å². The normalized spacial score (nSPS) is 10.7. The van der Waals surface area contributed by atoms with E-state index in [-0.39, 0.29) is 18.4 Å². The molecule has 6 heteroatoms. The number of carbonyl (C=O) groups is 1. The molecular weight excluding hydrogens is 458 g/mol. The second-order valence-corrected chi connectivity index (χ2v) is 11.0. The zero-order chi connectivity index (χ0) is 21.5. The maximum atomic E-state index is 12.8. The number of rotatable bonds is 6. The standard InChI is InChI=1S/C26H22ClN2OP.ClH/c27-21-16-18-22(19-17-21)29-26(30)28-20-31(23-10-4-1-5-11-23,24-12-6-2-7-13-24)25-14-8-3-9-15-25;/h1-19H,20H2,(H-,28,29,30);1H. The van der Waals surface area contributed by atoms with Gasteiger partial charge in [-0.1, -0.05) is 66.2 Å². The summed E-state index contributed by atoms with van der Waals surface area (Å²) in [6, 6.07) is 38.2. The van der Waals surface area contributed by atoms with Crippen molar-refractivity contribution in [1.29, 1.82) is 0 Å². The van der Waals surface area contributed by atoms with Gasteiger partial charge in [-0.3, -0.25) is 0 Å². The summed E-state index contributed by atoms with van der Waals surface area (Å²) >= 11 is 5.95. The van der Waals surface area contributed by atoms with E-state index in [0.717, 1.165) is 0 Å². The molecule has 162 valence electrons. The minimum atomic E-state index is -2.11. The maximum Gasteiger partial charge on any atom is 0.322 e. The predicted molar refractivity (Wildman–Crippen MR) is 134 cm³/mol. The van der Waals surface area contributed by atoms with E-state index in [2.05, 4.69) is 83.4 Å². The van der Waals surface area contributed by atoms with Gasteiger partial charge in [-0.15, -0.1) is 0 Å². The number of urea groups is 1. The second kappa shape index (κ2) is 11.2. The molecule has 2 amide bonds. The van der Waals surface area contributed by atoms with Crippen LogP contribution >= 0.6 is 18.9 Å². The largest absolute Gasteiger partial charge is 1.00 e. The van der Waals surface area contributed by atoms with Gasteiger partial charge < -0.3 is 23.0 Å². The smallest absolute Gasteiger partial charge is 0.322 e. The Morgan fingerprint density at radius 2 is 1.06 bits per heavy atom. The summed E-state index contributed by atoms with van der Waals surface area (Å²) in [5.74, 6) is 0. The SMILES string of the molecule is O=C(NC[P+](c1ccccc1)(c1ccccc1)c1ccccc1)Nc1ccc(Cl)cc1.[Cl-]. The number of hydrogen-bond acceptors (Lipinski definition) is 1. The molecule has 0 aromatic heterocycles. The van der Waals surface area contributed by atoms with Crippen molar-refractivity contribution < 1.29 is 17.2 Å². The van der Waals surface area contributed by atoms with Crippen LogP contribution in [0.3, 0.4) is 0 Å². The molecule has 0 fully saturated rings. The summed E-state index contributed by atoms with van der Waals surface area (Å²) in [6.45, 7) is 0. The zero-order valence-corrected chi connectivity index (χ0v) is 19.7. The van der Waals surface area contributed by atoms with Crippen LogP contribution in [-0.4, -0.2) is 12.3 Å². The third-order valence-corrected chi connectivity index (χ3v) is 9.59. The van der Waals surface area contributed by atoms with Gasteiger partial charge in [-0.05, 0) is 60.7 Å². The van der Waals surface area contributed by atoms with Crippen molar-refractivity contribution in [3.05, 3.63) is 120 Å². The van der Waals surface area contributed by atoms with Gasteiger partial charge in [0.2, 0.25) is 0 Å². The van der Waals surface area contributed by atoms with Gasteiger partial charge >= 0.3 is 6.03 Å². The van der Waals surface area contributed by atoms with Crippen LogP contribution in [0.1, 0.15) is 0 Å². The minimum Gasteiger partial charge on any atom is -1.00 e. The molecule has 4 aromatic rings. The Labute approximate surface area is 200 Å². The molecule has 0 saturated heterocycles. The van der Waals surface area contributed by atoms with Gasteiger partial charge in [-0.2, -0.15) is 0 Å². The summed E-state index contributed by atoms with van der Waals surface area (Å²) in [5, 5.41) is 10.4. The van der Waals surface area contributed by atoms with E-state index in [1.165, 1.54) is 15.9 Å². The van der Waals surface area contributed by atoms with E-state index in [1.807, 2.05) is 18.2 Å². The number of benzene rings is 4. The lowest BCUT2D eigenvalue weighted by Crippen LogP contribution is -3.00. The Balaban J connectivity index is 0.00000289. The predicted octanol–water partition coefficient (Wildman–Crippen LogP) is 2.42. The summed E-state index contributed by atoms with van der Waals surface area (Å²) < 4.78 is 0. The van der Waals surface area contributed by atoms with Gasteiger partial charge in [0.05, 0.1) is 0 Å². The van der Waals surface area contributed by atoms with Crippen molar-refractivity contribution >= 4 is 46.5 Å². The molecule has 4 rings (SSSR count). The van der Waals surface area contributed by atoms with Crippen LogP contribution in [0.4, 0.5) is 10.5 Å². The number of carbonyl (C=O) groups excluding carboxylic acids is 1. The number of amides is 2. The number of anilines is 1. The molecule has 0 aliphatic carbocycles. The summed E-state index contributed by atoms with van der Waals surface area (Å²) in [4.78, 5) is 12.8. The molecule has 0 aliphatic heterocycles. The molecule has 0 saturated carbocycles. The van der Waals surface area contributed by atoms with Crippen LogP contribution in [-0.2, 0) is 0 Å². The molecule has 0 bridgehead atoms. The highest BCUT2D eigenvalue weighted by Gasteiger charge is 2.45. The molecule has 32 heavy (non-hydrogen) atoms. The van der Waals surface area contributed by atoms with Crippen LogP contribution in [0, 0.1) is 0 Å². The van der Waals surface area contributed by atoms with Gasteiger partial charge in [0.15, 0.2) is 0 Å². The van der Waals surface area contributed by atoms with Crippen molar-refractivity contribution in [3.8, 4) is 0 Å². The fourth-order valence-corrected chi connectivity index (χ4v) is 7.66. The van der Waals surface area contributed by atoms with Gasteiger partial charge in [-0.25, -0.2) is 4.79 Å². The molecule has 0 radical (unpaired) electrons. The van der Waals surface area contributed by atoms with Crippen molar-refractivity contribution in [1.82, 2.24) is 5.32 Å². The third kappa shape index (κ3) is 5.31. The van der Waals surface area contributed by atoms with Crippen LogP contribution in [0.15, 0.2) is 115 Å². The first-order valence-electron chi connectivity index (χ1n) is 10.0. The molecule has 0 unspecified atom stereocenters. The zero-order valence-electron chi connectivity index (χ0n) is 17.3. The van der Waals surface area contributed by atoms with E-state index >= 15 is 0 Å². The van der Waals surface area contributed by atoms with Crippen LogP contribution < -0.4 is 39.0 Å².